The second kappa shape index (κ2) is 15.0. The van der Waals surface area contributed by atoms with E-state index in [2.05, 4.69) is 36.5 Å². The van der Waals surface area contributed by atoms with Crippen molar-refractivity contribution in [1.82, 2.24) is 5.48 Å². The first-order valence-electron chi connectivity index (χ1n) is 11.3. The standard InChI is InChI=1S/C27H36N2O3/c1-4-7-14-24-15-16-25(27(30)28-32-22-23-12-10-9-11-13-23)21-26(24)29(17-8-5-2)18-20-31-19-6-3/h5-6,9-13,15-16,21H,2-4,7-8,14,17-20,22H2,1H3,(H,28,30). The van der Waals surface area contributed by atoms with Crippen molar-refractivity contribution in [3.63, 3.8) is 0 Å². The minimum atomic E-state index is -0.254. The van der Waals surface area contributed by atoms with Crippen LogP contribution in [0.1, 0.15) is 47.7 Å². The fraction of sp³-hybridized carbons (Fsp3) is 0.370. The van der Waals surface area contributed by atoms with Crippen LogP contribution in [-0.4, -0.2) is 32.2 Å². The summed E-state index contributed by atoms with van der Waals surface area (Å²) in [7, 11) is 0. The minimum absolute atomic E-state index is 0.254. The first-order chi connectivity index (χ1) is 15.7. The molecular formula is C27H36N2O3. The summed E-state index contributed by atoms with van der Waals surface area (Å²) >= 11 is 0. The largest absolute Gasteiger partial charge is 0.376 e. The van der Waals surface area contributed by atoms with Gasteiger partial charge in [0.05, 0.1) is 19.8 Å². The van der Waals surface area contributed by atoms with E-state index in [1.165, 1.54) is 5.56 Å². The molecule has 2 rings (SSSR count). The summed E-state index contributed by atoms with van der Waals surface area (Å²) in [6, 6.07) is 15.6. The molecule has 2 aromatic carbocycles. The lowest BCUT2D eigenvalue weighted by Crippen LogP contribution is -2.30. The van der Waals surface area contributed by atoms with Crippen molar-refractivity contribution in [2.45, 2.75) is 39.2 Å². The van der Waals surface area contributed by atoms with E-state index in [-0.39, 0.29) is 5.91 Å². The number of hydroxylamine groups is 1. The quantitative estimate of drug-likeness (QED) is 0.215. The Hall–Kier alpha value is -2.89. The lowest BCUT2D eigenvalue weighted by molar-refractivity contribution is 0.0233. The highest BCUT2D eigenvalue weighted by Gasteiger charge is 2.15. The summed E-state index contributed by atoms with van der Waals surface area (Å²) < 4.78 is 5.62. The van der Waals surface area contributed by atoms with Crippen molar-refractivity contribution in [2.24, 2.45) is 0 Å². The van der Waals surface area contributed by atoms with Crippen LogP contribution >= 0.6 is 0 Å². The molecule has 0 saturated heterocycles. The third-order valence-electron chi connectivity index (χ3n) is 5.08. The van der Waals surface area contributed by atoms with Gasteiger partial charge in [-0.05, 0) is 42.5 Å². The van der Waals surface area contributed by atoms with Gasteiger partial charge in [-0.3, -0.25) is 9.63 Å². The number of hydrogen-bond donors (Lipinski definition) is 1. The van der Waals surface area contributed by atoms with Crippen LogP contribution in [0.3, 0.4) is 0 Å². The molecule has 1 amide bonds. The molecule has 0 bridgehead atoms. The van der Waals surface area contributed by atoms with E-state index >= 15 is 0 Å². The highest BCUT2D eigenvalue weighted by molar-refractivity contribution is 5.94. The van der Waals surface area contributed by atoms with Crippen LogP contribution in [0, 0.1) is 0 Å². The summed E-state index contributed by atoms with van der Waals surface area (Å²) in [5, 5.41) is 0. The zero-order valence-electron chi connectivity index (χ0n) is 19.2. The molecule has 0 aromatic heterocycles. The first kappa shape index (κ1) is 25.4. The maximum atomic E-state index is 12.7. The number of aryl methyl sites for hydroxylation is 1. The van der Waals surface area contributed by atoms with Gasteiger partial charge in [-0.15, -0.1) is 13.2 Å². The van der Waals surface area contributed by atoms with E-state index in [9.17, 15) is 4.79 Å². The molecule has 0 radical (unpaired) electrons. The van der Waals surface area contributed by atoms with Gasteiger partial charge in [-0.25, -0.2) is 5.48 Å². The Bertz CT molecular complexity index is 836. The number of hydrogen-bond acceptors (Lipinski definition) is 4. The van der Waals surface area contributed by atoms with E-state index in [1.54, 1.807) is 6.08 Å². The minimum Gasteiger partial charge on any atom is -0.376 e. The van der Waals surface area contributed by atoms with Gasteiger partial charge >= 0.3 is 0 Å². The Morgan fingerprint density at radius 3 is 2.62 bits per heavy atom. The van der Waals surface area contributed by atoms with Crippen molar-refractivity contribution in [1.29, 1.82) is 0 Å². The molecule has 0 atom stereocenters. The molecule has 172 valence electrons. The number of carbonyl (C=O) groups excluding carboxylic acids is 1. The highest BCUT2D eigenvalue weighted by atomic mass is 16.6. The second-order valence-electron chi connectivity index (χ2n) is 7.58. The van der Waals surface area contributed by atoms with Gasteiger partial charge in [0.2, 0.25) is 0 Å². The second-order valence-corrected chi connectivity index (χ2v) is 7.58. The lowest BCUT2D eigenvalue weighted by Gasteiger charge is -2.27. The molecule has 0 heterocycles. The third kappa shape index (κ3) is 8.69. The molecule has 0 saturated carbocycles. The van der Waals surface area contributed by atoms with Crippen LogP contribution in [0.25, 0.3) is 0 Å². The maximum absolute atomic E-state index is 12.7. The van der Waals surface area contributed by atoms with Crippen molar-refractivity contribution >= 4 is 11.6 Å². The van der Waals surface area contributed by atoms with Gasteiger partial charge in [-0.1, -0.05) is 61.9 Å². The number of anilines is 1. The van der Waals surface area contributed by atoms with Crippen LogP contribution in [-0.2, 0) is 22.6 Å². The molecule has 1 N–H and O–H groups in total. The predicted molar refractivity (Wildman–Crippen MR) is 132 cm³/mol. The number of amides is 1. The van der Waals surface area contributed by atoms with Crippen LogP contribution in [0.2, 0.25) is 0 Å². The molecule has 0 spiro atoms. The van der Waals surface area contributed by atoms with Crippen LogP contribution < -0.4 is 10.4 Å². The van der Waals surface area contributed by atoms with E-state index in [0.29, 0.717) is 25.4 Å². The topological polar surface area (TPSA) is 50.8 Å². The van der Waals surface area contributed by atoms with E-state index < -0.39 is 0 Å². The number of rotatable bonds is 16. The molecule has 0 unspecified atom stereocenters. The lowest BCUT2D eigenvalue weighted by atomic mass is 10.0. The SMILES string of the molecule is C=CCCN(CCOCC=C)c1cc(C(=O)NOCc2ccccc2)ccc1CCCC. The fourth-order valence-corrected chi connectivity index (χ4v) is 3.34. The smallest absolute Gasteiger partial charge is 0.274 e. The Balaban J connectivity index is 2.14. The van der Waals surface area contributed by atoms with Crippen molar-refractivity contribution < 1.29 is 14.4 Å². The Morgan fingerprint density at radius 1 is 1.09 bits per heavy atom. The summed E-state index contributed by atoms with van der Waals surface area (Å²) in [5.74, 6) is -0.254. The fourth-order valence-electron chi connectivity index (χ4n) is 3.34. The summed E-state index contributed by atoms with van der Waals surface area (Å²) in [4.78, 5) is 20.4. The number of unbranched alkanes of at least 4 members (excludes halogenated alkanes) is 1. The average Bonchev–Trinajstić information content (AvgIpc) is 2.83. The van der Waals surface area contributed by atoms with Crippen molar-refractivity contribution in [3.05, 3.63) is 90.5 Å². The predicted octanol–water partition coefficient (Wildman–Crippen LogP) is 5.48. The molecule has 0 aliphatic carbocycles. The molecular weight excluding hydrogens is 400 g/mol. The number of nitrogens with one attached hydrogen (secondary N) is 1. The van der Waals surface area contributed by atoms with Gasteiger partial charge in [0.15, 0.2) is 0 Å². The number of carbonyl (C=O) groups is 1. The average molecular weight is 437 g/mol. The molecule has 2 aromatic rings. The molecule has 0 aliphatic rings. The number of nitrogens with zero attached hydrogens (tertiary/aromatic N) is 1. The Morgan fingerprint density at radius 2 is 1.91 bits per heavy atom. The van der Waals surface area contributed by atoms with Crippen LogP contribution in [0.15, 0.2) is 73.8 Å². The molecule has 0 fully saturated rings. The monoisotopic (exact) mass is 436 g/mol. The summed E-state index contributed by atoms with van der Waals surface area (Å²) in [6.45, 7) is 12.7. The zero-order chi connectivity index (χ0) is 23.0. The maximum Gasteiger partial charge on any atom is 0.274 e. The van der Waals surface area contributed by atoms with Crippen LogP contribution in [0.5, 0.6) is 0 Å². The van der Waals surface area contributed by atoms with Gasteiger partial charge in [0, 0.05) is 24.3 Å². The molecule has 32 heavy (non-hydrogen) atoms. The van der Waals surface area contributed by atoms with E-state index in [1.807, 2.05) is 48.5 Å². The number of benzene rings is 2. The number of ether oxygens (including phenoxy) is 1. The third-order valence-corrected chi connectivity index (χ3v) is 5.08. The van der Waals surface area contributed by atoms with Crippen molar-refractivity contribution in [3.8, 4) is 0 Å². The summed E-state index contributed by atoms with van der Waals surface area (Å²) in [5.41, 5.74) is 6.45. The molecule has 0 aliphatic heterocycles. The highest BCUT2D eigenvalue weighted by Crippen LogP contribution is 2.25. The van der Waals surface area contributed by atoms with Gasteiger partial charge in [0.25, 0.3) is 5.91 Å². The Labute approximate surface area is 192 Å². The van der Waals surface area contributed by atoms with Crippen molar-refractivity contribution in [2.75, 3.05) is 31.2 Å². The Kier molecular flexibility index (Phi) is 11.9. The van der Waals surface area contributed by atoms with Crippen LogP contribution in [0.4, 0.5) is 5.69 Å². The van der Waals surface area contributed by atoms with Gasteiger partial charge in [0.1, 0.15) is 0 Å². The van der Waals surface area contributed by atoms with Gasteiger partial charge < -0.3 is 9.64 Å². The normalized spacial score (nSPS) is 10.5. The first-order valence-corrected chi connectivity index (χ1v) is 11.3. The van der Waals surface area contributed by atoms with E-state index in [4.69, 9.17) is 9.57 Å². The summed E-state index contributed by atoms with van der Waals surface area (Å²) in [6.07, 6.45) is 7.70. The van der Waals surface area contributed by atoms with E-state index in [0.717, 1.165) is 50.0 Å². The molecule has 5 nitrogen and oxygen atoms in total. The molecule has 5 heteroatoms. The zero-order valence-corrected chi connectivity index (χ0v) is 19.2. The van der Waals surface area contributed by atoms with Gasteiger partial charge in [-0.2, -0.15) is 0 Å².